The summed E-state index contributed by atoms with van der Waals surface area (Å²) in [4.78, 5) is 12.2. The molecule has 0 aliphatic heterocycles. The van der Waals surface area contributed by atoms with E-state index >= 15 is 0 Å². The second-order valence-corrected chi connectivity index (χ2v) is 6.48. The molecular formula is C13H7Br2Cl2NO2. The topological polar surface area (TPSA) is 49.3 Å². The summed E-state index contributed by atoms with van der Waals surface area (Å²) in [5.74, 6) is -0.623. The maximum atomic E-state index is 12.2. The van der Waals surface area contributed by atoms with E-state index in [1.54, 1.807) is 18.2 Å². The molecule has 0 fully saturated rings. The van der Waals surface area contributed by atoms with E-state index in [1.165, 1.54) is 12.1 Å². The molecule has 0 aromatic heterocycles. The predicted molar refractivity (Wildman–Crippen MR) is 87.9 cm³/mol. The lowest BCUT2D eigenvalue weighted by Gasteiger charge is -2.10. The average Bonchev–Trinajstić information content (AvgIpc) is 2.38. The van der Waals surface area contributed by atoms with Gasteiger partial charge in [0.05, 0.1) is 16.3 Å². The Labute approximate surface area is 142 Å². The minimum absolute atomic E-state index is 0.0705. The summed E-state index contributed by atoms with van der Waals surface area (Å²) in [6, 6.07) is 8.01. The maximum Gasteiger partial charge on any atom is 0.256 e. The monoisotopic (exact) mass is 437 g/mol. The Bertz CT molecular complexity index is 692. The molecule has 0 aliphatic rings. The smallest absolute Gasteiger partial charge is 0.256 e. The number of phenols is 1. The van der Waals surface area contributed by atoms with E-state index < -0.39 is 5.91 Å². The number of rotatable bonds is 2. The van der Waals surface area contributed by atoms with Gasteiger partial charge in [-0.05, 0) is 46.3 Å². The van der Waals surface area contributed by atoms with E-state index in [2.05, 4.69) is 37.2 Å². The van der Waals surface area contributed by atoms with Gasteiger partial charge in [-0.15, -0.1) is 0 Å². The van der Waals surface area contributed by atoms with Gasteiger partial charge in [-0.1, -0.05) is 39.1 Å². The van der Waals surface area contributed by atoms with Crippen LogP contribution < -0.4 is 5.32 Å². The van der Waals surface area contributed by atoms with Crippen molar-refractivity contribution in [1.82, 2.24) is 0 Å². The fourth-order valence-electron chi connectivity index (χ4n) is 1.52. The Hall–Kier alpha value is -0.750. The van der Waals surface area contributed by atoms with E-state index in [-0.39, 0.29) is 16.5 Å². The predicted octanol–water partition coefficient (Wildman–Crippen LogP) is 5.48. The van der Waals surface area contributed by atoms with Crippen LogP contribution in [0.4, 0.5) is 5.69 Å². The first-order valence-electron chi connectivity index (χ1n) is 5.33. The van der Waals surface area contributed by atoms with Crippen LogP contribution in [-0.2, 0) is 0 Å². The second kappa shape index (κ2) is 6.35. The number of phenolic OH excluding ortho intramolecular Hbond substituents is 1. The molecule has 2 aromatic carbocycles. The van der Waals surface area contributed by atoms with Gasteiger partial charge in [-0.2, -0.15) is 0 Å². The summed E-state index contributed by atoms with van der Waals surface area (Å²) in [5, 5.41) is 12.8. The summed E-state index contributed by atoms with van der Waals surface area (Å²) in [7, 11) is 0. The normalized spacial score (nSPS) is 10.4. The first-order valence-corrected chi connectivity index (χ1v) is 7.67. The van der Waals surface area contributed by atoms with Crippen LogP contribution in [0.1, 0.15) is 10.4 Å². The number of carbonyl (C=O) groups excluding carboxylic acids is 1. The molecule has 0 spiro atoms. The van der Waals surface area contributed by atoms with Gasteiger partial charge < -0.3 is 10.4 Å². The molecule has 0 radical (unpaired) electrons. The highest BCUT2D eigenvalue weighted by Gasteiger charge is 2.15. The standard InChI is InChI=1S/C13H7Br2Cl2NO2/c14-6-1-2-9(15)8(3-6)13(20)18-11-5-7(16)4-10(17)12(11)19/h1-5,19H,(H,18,20). The van der Waals surface area contributed by atoms with Crippen LogP contribution in [0.5, 0.6) is 5.75 Å². The van der Waals surface area contributed by atoms with Gasteiger partial charge in [-0.25, -0.2) is 0 Å². The van der Waals surface area contributed by atoms with E-state index in [9.17, 15) is 9.90 Å². The molecule has 2 aromatic rings. The molecular weight excluding hydrogens is 433 g/mol. The van der Waals surface area contributed by atoms with Crippen molar-refractivity contribution in [2.45, 2.75) is 0 Å². The van der Waals surface area contributed by atoms with Gasteiger partial charge in [0.1, 0.15) is 0 Å². The quantitative estimate of drug-likeness (QED) is 0.609. The molecule has 2 N–H and O–H groups in total. The molecule has 0 heterocycles. The van der Waals surface area contributed by atoms with Crippen molar-refractivity contribution < 1.29 is 9.90 Å². The van der Waals surface area contributed by atoms with Crippen LogP contribution in [0.2, 0.25) is 10.0 Å². The van der Waals surface area contributed by atoms with Crippen molar-refractivity contribution in [3.63, 3.8) is 0 Å². The summed E-state index contributed by atoms with van der Waals surface area (Å²) in [6.07, 6.45) is 0. The lowest BCUT2D eigenvalue weighted by molar-refractivity contribution is 0.102. The van der Waals surface area contributed by atoms with Crippen molar-refractivity contribution in [3.05, 3.63) is 54.9 Å². The lowest BCUT2D eigenvalue weighted by Crippen LogP contribution is -2.12. The molecule has 0 saturated heterocycles. The van der Waals surface area contributed by atoms with Crippen LogP contribution in [0.3, 0.4) is 0 Å². The molecule has 1 amide bonds. The highest BCUT2D eigenvalue weighted by Crippen LogP contribution is 2.35. The van der Waals surface area contributed by atoms with Gasteiger partial charge in [0.2, 0.25) is 0 Å². The number of amides is 1. The largest absolute Gasteiger partial charge is 0.504 e. The Balaban J connectivity index is 2.35. The highest BCUT2D eigenvalue weighted by atomic mass is 79.9. The molecule has 20 heavy (non-hydrogen) atoms. The van der Waals surface area contributed by atoms with Gasteiger partial charge >= 0.3 is 0 Å². The molecule has 0 bridgehead atoms. The zero-order chi connectivity index (χ0) is 14.9. The maximum absolute atomic E-state index is 12.2. The number of anilines is 1. The van der Waals surface area contributed by atoms with Crippen LogP contribution in [0.15, 0.2) is 39.3 Å². The highest BCUT2D eigenvalue weighted by molar-refractivity contribution is 9.11. The molecule has 104 valence electrons. The Kier molecular flexibility index (Phi) is 4.96. The summed E-state index contributed by atoms with van der Waals surface area (Å²) < 4.78 is 1.39. The number of halogens is 4. The van der Waals surface area contributed by atoms with Crippen LogP contribution in [0.25, 0.3) is 0 Å². The summed E-state index contributed by atoms with van der Waals surface area (Å²) in [5.41, 5.74) is 0.564. The number of nitrogens with one attached hydrogen (secondary N) is 1. The number of benzene rings is 2. The van der Waals surface area contributed by atoms with Gasteiger partial charge in [0.15, 0.2) is 5.75 Å². The minimum Gasteiger partial charge on any atom is -0.504 e. The van der Waals surface area contributed by atoms with Crippen molar-refractivity contribution in [3.8, 4) is 5.75 Å². The molecule has 3 nitrogen and oxygen atoms in total. The summed E-state index contributed by atoms with van der Waals surface area (Å²) in [6.45, 7) is 0. The van der Waals surface area contributed by atoms with Crippen molar-refractivity contribution in [2.75, 3.05) is 5.32 Å². The van der Waals surface area contributed by atoms with Crippen LogP contribution in [0, 0.1) is 0 Å². The Morgan fingerprint density at radius 3 is 2.55 bits per heavy atom. The van der Waals surface area contributed by atoms with E-state index in [0.29, 0.717) is 15.1 Å². The number of hydrogen-bond donors (Lipinski definition) is 2. The van der Waals surface area contributed by atoms with Crippen molar-refractivity contribution in [2.24, 2.45) is 0 Å². The fraction of sp³-hybridized carbons (Fsp3) is 0. The zero-order valence-corrected chi connectivity index (χ0v) is 14.4. The lowest BCUT2D eigenvalue weighted by atomic mass is 10.2. The van der Waals surface area contributed by atoms with Gasteiger partial charge in [0, 0.05) is 14.0 Å². The molecule has 2 rings (SSSR count). The van der Waals surface area contributed by atoms with Crippen LogP contribution in [-0.4, -0.2) is 11.0 Å². The van der Waals surface area contributed by atoms with Crippen LogP contribution >= 0.6 is 55.1 Å². The van der Waals surface area contributed by atoms with Crippen molar-refractivity contribution in [1.29, 1.82) is 0 Å². The SMILES string of the molecule is O=C(Nc1cc(Cl)cc(Cl)c1O)c1cc(Br)ccc1Br. The third-order valence-corrected chi connectivity index (χ3v) is 4.14. The molecule has 0 unspecified atom stereocenters. The minimum atomic E-state index is -0.396. The Morgan fingerprint density at radius 2 is 1.85 bits per heavy atom. The first-order chi connectivity index (χ1) is 9.38. The number of carbonyl (C=O) groups is 1. The molecule has 0 aliphatic carbocycles. The fourth-order valence-corrected chi connectivity index (χ4v) is 2.80. The molecule has 0 saturated carbocycles. The van der Waals surface area contributed by atoms with E-state index in [0.717, 1.165) is 4.47 Å². The first kappa shape index (κ1) is 15.6. The number of hydrogen-bond acceptors (Lipinski definition) is 2. The van der Waals surface area contributed by atoms with Gasteiger partial charge in [0.25, 0.3) is 5.91 Å². The molecule has 0 atom stereocenters. The van der Waals surface area contributed by atoms with Gasteiger partial charge in [-0.3, -0.25) is 4.79 Å². The van der Waals surface area contributed by atoms with Crippen molar-refractivity contribution >= 4 is 66.7 Å². The van der Waals surface area contributed by atoms with E-state index in [4.69, 9.17) is 23.2 Å². The Morgan fingerprint density at radius 1 is 1.15 bits per heavy atom. The zero-order valence-electron chi connectivity index (χ0n) is 9.75. The third-order valence-electron chi connectivity index (χ3n) is 2.45. The molecule has 7 heteroatoms. The number of aromatic hydroxyl groups is 1. The third kappa shape index (κ3) is 3.47. The second-order valence-electron chi connectivity index (χ2n) is 3.86. The van der Waals surface area contributed by atoms with E-state index in [1.807, 2.05) is 0 Å². The average molecular weight is 440 g/mol. The summed E-state index contributed by atoms with van der Waals surface area (Å²) >= 11 is 18.2.